The van der Waals surface area contributed by atoms with Crippen molar-refractivity contribution in [3.05, 3.63) is 47.3 Å². The molecule has 0 amide bonds. The zero-order chi connectivity index (χ0) is 19.6. The van der Waals surface area contributed by atoms with Crippen LogP contribution in [0.25, 0.3) is 0 Å². The minimum Gasteiger partial charge on any atom is -0.491 e. The Balaban J connectivity index is 1.84. The van der Waals surface area contributed by atoms with E-state index in [9.17, 15) is 0 Å². The summed E-state index contributed by atoms with van der Waals surface area (Å²) in [7, 11) is 0. The Hall–Kier alpha value is -2.50. The zero-order valence-corrected chi connectivity index (χ0v) is 17.1. The molecule has 0 spiro atoms. The number of hydrogen-bond donors (Lipinski definition) is 2. The van der Waals surface area contributed by atoms with Gasteiger partial charge in [-0.15, -0.1) is 0 Å². The highest BCUT2D eigenvalue weighted by Crippen LogP contribution is 2.15. The third-order valence-corrected chi connectivity index (χ3v) is 3.91. The molecule has 0 aliphatic carbocycles. The Kier molecular flexibility index (Phi) is 8.17. The van der Waals surface area contributed by atoms with Crippen molar-refractivity contribution in [3.63, 3.8) is 0 Å². The lowest BCUT2D eigenvalue weighted by molar-refractivity contribution is 0.242. The molecule has 0 unspecified atom stereocenters. The summed E-state index contributed by atoms with van der Waals surface area (Å²) in [6.07, 6.45) is 1.10. The first-order valence-corrected chi connectivity index (χ1v) is 9.71. The first-order chi connectivity index (χ1) is 13.0. The van der Waals surface area contributed by atoms with Gasteiger partial charge in [0.05, 0.1) is 11.8 Å². The summed E-state index contributed by atoms with van der Waals surface area (Å²) < 4.78 is 11.0. The van der Waals surface area contributed by atoms with Gasteiger partial charge in [0.2, 0.25) is 0 Å². The predicted molar refractivity (Wildman–Crippen MR) is 109 cm³/mol. The fraction of sp³-hybridized carbons (Fsp3) is 0.524. The maximum absolute atomic E-state index is 5.68. The Bertz CT molecular complexity index is 705. The van der Waals surface area contributed by atoms with Crippen LogP contribution in [0.15, 0.2) is 39.8 Å². The molecule has 0 saturated carbocycles. The minimum absolute atomic E-state index is 0.192. The van der Waals surface area contributed by atoms with Gasteiger partial charge in [0, 0.05) is 19.2 Å². The van der Waals surface area contributed by atoms with Gasteiger partial charge in [-0.05, 0) is 50.8 Å². The molecule has 2 N–H and O–H groups in total. The molecule has 0 fully saturated rings. The molecule has 0 bridgehead atoms. The molecule has 0 saturated heterocycles. The third kappa shape index (κ3) is 7.33. The van der Waals surface area contributed by atoms with Crippen LogP contribution in [0.3, 0.4) is 0 Å². The number of hydrogen-bond acceptors (Lipinski definition) is 4. The second-order valence-electron chi connectivity index (χ2n) is 7.06. The van der Waals surface area contributed by atoms with E-state index >= 15 is 0 Å². The monoisotopic (exact) mass is 372 g/mol. The van der Waals surface area contributed by atoms with Gasteiger partial charge in [-0.3, -0.25) is 0 Å². The van der Waals surface area contributed by atoms with Gasteiger partial charge >= 0.3 is 0 Å². The molecule has 2 aromatic rings. The largest absolute Gasteiger partial charge is 0.491 e. The Morgan fingerprint density at radius 1 is 1.15 bits per heavy atom. The topological polar surface area (TPSA) is 71.7 Å². The summed E-state index contributed by atoms with van der Waals surface area (Å²) >= 11 is 0. The van der Waals surface area contributed by atoms with Crippen molar-refractivity contribution in [1.29, 1.82) is 0 Å². The van der Waals surface area contributed by atoms with Crippen LogP contribution in [0, 0.1) is 0 Å². The Morgan fingerprint density at radius 2 is 1.89 bits per heavy atom. The van der Waals surface area contributed by atoms with Gasteiger partial charge < -0.3 is 19.9 Å². The van der Waals surface area contributed by atoms with Crippen LogP contribution in [0.5, 0.6) is 5.75 Å². The number of guanidine groups is 1. The van der Waals surface area contributed by atoms with E-state index in [-0.39, 0.29) is 6.10 Å². The van der Waals surface area contributed by atoms with Crippen molar-refractivity contribution in [2.75, 3.05) is 13.1 Å². The van der Waals surface area contributed by atoms with Gasteiger partial charge in [0.25, 0.3) is 0 Å². The van der Waals surface area contributed by atoms with Crippen molar-refractivity contribution in [2.45, 2.75) is 59.6 Å². The van der Waals surface area contributed by atoms with Gasteiger partial charge in [0.1, 0.15) is 12.3 Å². The second-order valence-corrected chi connectivity index (χ2v) is 7.06. The summed E-state index contributed by atoms with van der Waals surface area (Å²) in [5, 5.41) is 10.7. The van der Waals surface area contributed by atoms with E-state index in [1.807, 2.05) is 32.0 Å². The Labute approximate surface area is 162 Å². The van der Waals surface area contributed by atoms with Crippen LogP contribution in [0.2, 0.25) is 0 Å². The quantitative estimate of drug-likeness (QED) is 0.516. The van der Waals surface area contributed by atoms with Crippen LogP contribution in [0.4, 0.5) is 0 Å². The maximum Gasteiger partial charge on any atom is 0.191 e. The van der Waals surface area contributed by atoms with Crippen LogP contribution in [-0.4, -0.2) is 30.3 Å². The summed E-state index contributed by atoms with van der Waals surface area (Å²) in [6, 6.07) is 10.2. The lowest BCUT2D eigenvalue weighted by atomic mass is 10.1. The fourth-order valence-corrected chi connectivity index (χ4v) is 2.51. The number of rotatable bonds is 9. The van der Waals surface area contributed by atoms with Gasteiger partial charge in [-0.2, -0.15) is 0 Å². The number of nitrogens with zero attached hydrogens (tertiary/aromatic N) is 2. The Morgan fingerprint density at radius 3 is 2.48 bits per heavy atom. The number of aromatic nitrogens is 1. The maximum atomic E-state index is 5.68. The van der Waals surface area contributed by atoms with Crippen molar-refractivity contribution < 1.29 is 9.26 Å². The van der Waals surface area contributed by atoms with E-state index in [4.69, 9.17) is 9.26 Å². The molecule has 0 aliphatic heterocycles. The second kappa shape index (κ2) is 10.6. The highest BCUT2D eigenvalue weighted by molar-refractivity contribution is 5.79. The van der Waals surface area contributed by atoms with Crippen molar-refractivity contribution in [1.82, 2.24) is 15.8 Å². The lowest BCUT2D eigenvalue weighted by Gasteiger charge is -2.12. The normalized spacial score (nSPS) is 11.9. The first kappa shape index (κ1) is 20.8. The van der Waals surface area contributed by atoms with Crippen LogP contribution in [-0.2, 0) is 13.0 Å². The molecule has 0 atom stereocenters. The third-order valence-electron chi connectivity index (χ3n) is 3.91. The number of benzene rings is 1. The van der Waals surface area contributed by atoms with Crippen LogP contribution < -0.4 is 15.4 Å². The SMILES string of the molecule is CCNC(=NCc1cc(C(C)C)no1)NCCc1ccc(OC(C)C)cc1. The average Bonchev–Trinajstić information content (AvgIpc) is 3.10. The smallest absolute Gasteiger partial charge is 0.191 e. The molecule has 0 radical (unpaired) electrons. The van der Waals surface area contributed by atoms with Gasteiger partial charge in [-0.1, -0.05) is 31.1 Å². The number of aliphatic imine (C=N–C) groups is 1. The average molecular weight is 373 g/mol. The lowest BCUT2D eigenvalue weighted by Crippen LogP contribution is -2.38. The van der Waals surface area contributed by atoms with E-state index in [1.54, 1.807) is 0 Å². The molecule has 1 aromatic carbocycles. The van der Waals surface area contributed by atoms with E-state index in [1.165, 1.54) is 5.56 Å². The van der Waals surface area contributed by atoms with Crippen molar-refractivity contribution in [3.8, 4) is 5.75 Å². The van der Waals surface area contributed by atoms with Crippen molar-refractivity contribution >= 4 is 5.96 Å². The predicted octanol–water partition coefficient (Wildman–Crippen LogP) is 3.88. The van der Waals surface area contributed by atoms with E-state index in [0.717, 1.165) is 42.7 Å². The summed E-state index contributed by atoms with van der Waals surface area (Å²) in [5.41, 5.74) is 2.22. The number of ether oxygens (including phenoxy) is 1. The molecular weight excluding hydrogens is 340 g/mol. The van der Waals surface area contributed by atoms with Crippen molar-refractivity contribution in [2.24, 2.45) is 4.99 Å². The fourth-order valence-electron chi connectivity index (χ4n) is 2.51. The molecule has 6 nitrogen and oxygen atoms in total. The molecule has 1 heterocycles. The minimum atomic E-state index is 0.192. The molecule has 1 aromatic heterocycles. The molecule has 0 aliphatic rings. The molecular formula is C21H32N4O2. The summed E-state index contributed by atoms with van der Waals surface area (Å²) in [5.74, 6) is 2.82. The van der Waals surface area contributed by atoms with E-state index in [0.29, 0.717) is 12.5 Å². The standard InChI is InChI=1S/C21H32N4O2/c1-6-22-21(24-14-19-13-20(15(2)3)25-27-19)23-12-11-17-7-9-18(10-8-17)26-16(4)5/h7-10,13,15-16H,6,11-12,14H2,1-5H3,(H2,22,23,24). The first-order valence-electron chi connectivity index (χ1n) is 9.71. The van der Waals surface area contributed by atoms with E-state index < -0.39 is 0 Å². The van der Waals surface area contributed by atoms with Crippen LogP contribution >= 0.6 is 0 Å². The molecule has 2 rings (SSSR count). The zero-order valence-electron chi connectivity index (χ0n) is 17.1. The van der Waals surface area contributed by atoms with E-state index in [2.05, 4.69) is 53.7 Å². The highest BCUT2D eigenvalue weighted by Gasteiger charge is 2.07. The van der Waals surface area contributed by atoms with Gasteiger partial charge in [0.15, 0.2) is 11.7 Å². The summed E-state index contributed by atoms with van der Waals surface area (Å²) in [4.78, 5) is 4.58. The van der Waals surface area contributed by atoms with Gasteiger partial charge in [-0.25, -0.2) is 4.99 Å². The number of nitrogens with one attached hydrogen (secondary N) is 2. The molecule has 27 heavy (non-hydrogen) atoms. The summed E-state index contributed by atoms with van der Waals surface area (Å²) in [6.45, 7) is 12.4. The highest BCUT2D eigenvalue weighted by atomic mass is 16.5. The molecule has 6 heteroatoms. The van der Waals surface area contributed by atoms with Crippen LogP contribution in [0.1, 0.15) is 57.6 Å². The molecule has 148 valence electrons.